The van der Waals surface area contributed by atoms with Crippen LogP contribution in [0.5, 0.6) is 0 Å². The summed E-state index contributed by atoms with van der Waals surface area (Å²) in [5.41, 5.74) is 0.647. The molecule has 70 valence electrons. The number of carbonyl (C=O) groups excluding carboxylic acids is 1. The third-order valence-corrected chi connectivity index (χ3v) is 2.02. The number of halogens is 1. The molecule has 0 unspecified atom stereocenters. The molecular formula is C8H9BrN2O2. The van der Waals surface area contributed by atoms with Gasteiger partial charge in [0.25, 0.3) is 0 Å². The lowest BCUT2D eigenvalue weighted by molar-refractivity contribution is -0.142. The van der Waals surface area contributed by atoms with Crippen LogP contribution in [0.25, 0.3) is 0 Å². The Bertz CT molecular complexity index is 304. The van der Waals surface area contributed by atoms with E-state index in [1.165, 1.54) is 6.33 Å². The van der Waals surface area contributed by atoms with Crippen LogP contribution >= 0.6 is 15.9 Å². The summed E-state index contributed by atoms with van der Waals surface area (Å²) in [6.45, 7) is 2.16. The van der Waals surface area contributed by atoms with Crippen LogP contribution in [-0.2, 0) is 16.0 Å². The van der Waals surface area contributed by atoms with Crippen LogP contribution in [0, 0.1) is 0 Å². The predicted octanol–water partition coefficient (Wildman–Crippen LogP) is 1.34. The van der Waals surface area contributed by atoms with Gasteiger partial charge in [0.05, 0.1) is 23.2 Å². The van der Waals surface area contributed by atoms with Crippen molar-refractivity contribution in [2.75, 3.05) is 6.61 Å². The van der Waals surface area contributed by atoms with E-state index in [1.54, 1.807) is 13.1 Å². The van der Waals surface area contributed by atoms with Crippen LogP contribution in [0.4, 0.5) is 0 Å². The standard InChI is InChI=1S/C8H9BrN2O2/c1-2-13-8(12)3-7-6(9)4-10-5-11-7/h4-5H,2-3H2,1H3. The second-order valence-corrected chi connectivity index (χ2v) is 3.15. The topological polar surface area (TPSA) is 52.1 Å². The Labute approximate surface area is 84.5 Å². The first kappa shape index (κ1) is 10.1. The van der Waals surface area contributed by atoms with E-state index in [0.29, 0.717) is 12.3 Å². The summed E-state index contributed by atoms with van der Waals surface area (Å²) in [6.07, 6.45) is 3.18. The minimum atomic E-state index is -0.276. The smallest absolute Gasteiger partial charge is 0.311 e. The van der Waals surface area contributed by atoms with Gasteiger partial charge in [-0.25, -0.2) is 9.97 Å². The van der Waals surface area contributed by atoms with Gasteiger partial charge in [0.15, 0.2) is 0 Å². The molecule has 1 heterocycles. The summed E-state index contributed by atoms with van der Waals surface area (Å²) in [4.78, 5) is 18.8. The van der Waals surface area contributed by atoms with Crippen molar-refractivity contribution in [3.8, 4) is 0 Å². The number of rotatable bonds is 3. The molecule has 0 aromatic carbocycles. The van der Waals surface area contributed by atoms with Gasteiger partial charge >= 0.3 is 5.97 Å². The Morgan fingerprint density at radius 2 is 2.46 bits per heavy atom. The monoisotopic (exact) mass is 244 g/mol. The Balaban J connectivity index is 2.63. The number of hydrogen-bond donors (Lipinski definition) is 0. The van der Waals surface area contributed by atoms with E-state index in [1.807, 2.05) is 0 Å². The van der Waals surface area contributed by atoms with Crippen molar-refractivity contribution < 1.29 is 9.53 Å². The number of carbonyl (C=O) groups is 1. The van der Waals surface area contributed by atoms with Crippen LogP contribution in [-0.4, -0.2) is 22.5 Å². The molecule has 0 aliphatic heterocycles. The zero-order valence-corrected chi connectivity index (χ0v) is 8.74. The maximum absolute atomic E-state index is 11.1. The normalized spacial score (nSPS) is 9.69. The molecule has 0 bridgehead atoms. The van der Waals surface area contributed by atoms with Gasteiger partial charge in [-0.1, -0.05) is 0 Å². The molecule has 4 nitrogen and oxygen atoms in total. The van der Waals surface area contributed by atoms with Gasteiger partial charge in [-0.05, 0) is 22.9 Å². The lowest BCUT2D eigenvalue weighted by Crippen LogP contribution is -2.09. The summed E-state index contributed by atoms with van der Waals surface area (Å²) >= 11 is 3.24. The van der Waals surface area contributed by atoms with Crippen molar-refractivity contribution in [2.45, 2.75) is 13.3 Å². The van der Waals surface area contributed by atoms with Gasteiger partial charge in [0.2, 0.25) is 0 Å². The second-order valence-electron chi connectivity index (χ2n) is 2.30. The van der Waals surface area contributed by atoms with Crippen LogP contribution in [0.15, 0.2) is 17.0 Å². The maximum Gasteiger partial charge on any atom is 0.311 e. The largest absolute Gasteiger partial charge is 0.466 e. The molecule has 13 heavy (non-hydrogen) atoms. The minimum absolute atomic E-state index is 0.178. The zero-order chi connectivity index (χ0) is 9.68. The van der Waals surface area contributed by atoms with Gasteiger partial charge in [-0.15, -0.1) is 0 Å². The maximum atomic E-state index is 11.1. The Hall–Kier alpha value is -0.970. The van der Waals surface area contributed by atoms with Gasteiger partial charge in [-0.3, -0.25) is 4.79 Å². The Morgan fingerprint density at radius 1 is 1.69 bits per heavy atom. The van der Waals surface area contributed by atoms with Crippen LogP contribution in [0.2, 0.25) is 0 Å². The summed E-state index contributed by atoms with van der Waals surface area (Å²) in [6, 6.07) is 0. The molecule has 1 aromatic heterocycles. The minimum Gasteiger partial charge on any atom is -0.466 e. The average Bonchev–Trinajstić information content (AvgIpc) is 2.09. The fourth-order valence-corrected chi connectivity index (χ4v) is 1.18. The summed E-state index contributed by atoms with van der Waals surface area (Å²) in [5.74, 6) is -0.276. The first-order valence-corrected chi connectivity index (χ1v) is 4.63. The lowest BCUT2D eigenvalue weighted by Gasteiger charge is -2.01. The molecule has 0 amide bonds. The summed E-state index contributed by atoms with van der Waals surface area (Å²) in [5, 5.41) is 0. The Kier molecular flexibility index (Phi) is 3.82. The number of esters is 1. The van der Waals surface area contributed by atoms with E-state index in [9.17, 15) is 4.79 Å². The number of ether oxygens (including phenoxy) is 1. The average molecular weight is 245 g/mol. The zero-order valence-electron chi connectivity index (χ0n) is 7.16. The molecule has 0 atom stereocenters. The quantitative estimate of drug-likeness (QED) is 0.754. The van der Waals surface area contributed by atoms with Crippen molar-refractivity contribution in [3.63, 3.8) is 0 Å². The molecule has 0 aliphatic rings. The van der Waals surface area contributed by atoms with E-state index in [-0.39, 0.29) is 12.4 Å². The van der Waals surface area contributed by atoms with Crippen molar-refractivity contribution in [3.05, 3.63) is 22.7 Å². The molecule has 5 heteroatoms. The van der Waals surface area contributed by atoms with Crippen molar-refractivity contribution in [1.82, 2.24) is 9.97 Å². The Morgan fingerprint density at radius 3 is 3.08 bits per heavy atom. The molecule has 0 N–H and O–H groups in total. The molecular weight excluding hydrogens is 236 g/mol. The number of hydrogen-bond acceptors (Lipinski definition) is 4. The second kappa shape index (κ2) is 4.91. The van der Waals surface area contributed by atoms with E-state index < -0.39 is 0 Å². The van der Waals surface area contributed by atoms with E-state index in [2.05, 4.69) is 25.9 Å². The van der Waals surface area contributed by atoms with Gasteiger partial charge in [-0.2, -0.15) is 0 Å². The van der Waals surface area contributed by atoms with E-state index >= 15 is 0 Å². The fraction of sp³-hybridized carbons (Fsp3) is 0.375. The van der Waals surface area contributed by atoms with Crippen molar-refractivity contribution in [1.29, 1.82) is 0 Å². The van der Waals surface area contributed by atoms with Crippen molar-refractivity contribution in [2.24, 2.45) is 0 Å². The predicted molar refractivity (Wildman–Crippen MR) is 50.1 cm³/mol. The highest BCUT2D eigenvalue weighted by atomic mass is 79.9. The van der Waals surface area contributed by atoms with E-state index in [0.717, 1.165) is 4.47 Å². The summed E-state index contributed by atoms with van der Waals surface area (Å²) in [7, 11) is 0. The van der Waals surface area contributed by atoms with E-state index in [4.69, 9.17) is 4.74 Å². The first-order chi connectivity index (χ1) is 6.24. The van der Waals surface area contributed by atoms with Gasteiger partial charge in [0.1, 0.15) is 6.33 Å². The highest BCUT2D eigenvalue weighted by Gasteiger charge is 2.07. The fourth-order valence-electron chi connectivity index (χ4n) is 0.817. The van der Waals surface area contributed by atoms with Gasteiger partial charge < -0.3 is 4.74 Å². The van der Waals surface area contributed by atoms with Crippen LogP contribution in [0.1, 0.15) is 12.6 Å². The third-order valence-electron chi connectivity index (χ3n) is 1.36. The molecule has 1 rings (SSSR count). The molecule has 1 aromatic rings. The molecule has 0 spiro atoms. The molecule has 0 radical (unpaired) electrons. The first-order valence-electron chi connectivity index (χ1n) is 3.84. The lowest BCUT2D eigenvalue weighted by atomic mass is 10.3. The van der Waals surface area contributed by atoms with Crippen molar-refractivity contribution >= 4 is 21.9 Å². The highest BCUT2D eigenvalue weighted by molar-refractivity contribution is 9.10. The third kappa shape index (κ3) is 3.10. The highest BCUT2D eigenvalue weighted by Crippen LogP contribution is 2.12. The van der Waals surface area contributed by atoms with Crippen LogP contribution < -0.4 is 0 Å². The summed E-state index contributed by atoms with van der Waals surface area (Å²) < 4.78 is 5.51. The molecule has 0 saturated heterocycles. The van der Waals surface area contributed by atoms with Gasteiger partial charge in [0, 0.05) is 6.20 Å². The molecule has 0 saturated carbocycles. The molecule has 0 aliphatic carbocycles. The SMILES string of the molecule is CCOC(=O)Cc1ncncc1Br. The van der Waals surface area contributed by atoms with Crippen LogP contribution in [0.3, 0.4) is 0 Å². The number of aromatic nitrogens is 2. The molecule has 0 fully saturated rings. The number of nitrogens with zero attached hydrogens (tertiary/aromatic N) is 2.